The van der Waals surface area contributed by atoms with Gasteiger partial charge in [0.05, 0.1) is 23.4 Å². The number of hydrogen-bond donors (Lipinski definition) is 1. The van der Waals surface area contributed by atoms with Crippen LogP contribution in [-0.4, -0.2) is 37.2 Å². The van der Waals surface area contributed by atoms with Crippen molar-refractivity contribution in [2.75, 3.05) is 25.6 Å². The summed E-state index contributed by atoms with van der Waals surface area (Å²) in [6.07, 6.45) is 0.880. The van der Waals surface area contributed by atoms with Gasteiger partial charge in [-0.15, -0.1) is 0 Å². The van der Waals surface area contributed by atoms with Crippen LogP contribution in [0.1, 0.15) is 12.0 Å². The zero-order valence-corrected chi connectivity index (χ0v) is 11.3. The van der Waals surface area contributed by atoms with Gasteiger partial charge >= 0.3 is 6.03 Å². The number of nitrogens with one attached hydrogen (secondary N) is 1. The van der Waals surface area contributed by atoms with Crippen LogP contribution >= 0.6 is 11.6 Å². The van der Waals surface area contributed by atoms with E-state index in [2.05, 4.69) is 5.32 Å². The third-order valence-electron chi connectivity index (χ3n) is 3.23. The van der Waals surface area contributed by atoms with Gasteiger partial charge in [0, 0.05) is 13.7 Å². The van der Waals surface area contributed by atoms with Crippen LogP contribution in [0.3, 0.4) is 0 Å². The molecule has 1 aliphatic rings. The number of hydrogen-bond acceptors (Lipinski definition) is 2. The van der Waals surface area contributed by atoms with Crippen molar-refractivity contribution in [3.8, 4) is 0 Å². The number of urea groups is 1. The number of benzene rings is 1. The highest BCUT2D eigenvalue weighted by atomic mass is 35.5. The number of carbonyl (C=O) groups excluding carboxylic acids is 1. The molecule has 0 radical (unpaired) electrons. The maximum atomic E-state index is 12.1. The standard InChI is InChI=1S/C13H17ClN2O2/c1-9-4-3-5-11(14)12(9)15-13(17)16(2)10-6-7-18-8-10/h3-5,10H,6-8H2,1-2H3,(H,15,17)/t10-/m1/s1. The van der Waals surface area contributed by atoms with Gasteiger partial charge in [-0.25, -0.2) is 4.79 Å². The molecule has 98 valence electrons. The molecular formula is C13H17ClN2O2. The number of para-hydroxylation sites is 1. The first-order valence-corrected chi connectivity index (χ1v) is 6.34. The molecule has 0 aromatic heterocycles. The highest BCUT2D eigenvalue weighted by Gasteiger charge is 2.24. The molecule has 0 saturated carbocycles. The van der Waals surface area contributed by atoms with Gasteiger partial charge in [0.25, 0.3) is 0 Å². The summed E-state index contributed by atoms with van der Waals surface area (Å²) >= 11 is 6.08. The van der Waals surface area contributed by atoms with Crippen molar-refractivity contribution in [2.45, 2.75) is 19.4 Å². The van der Waals surface area contributed by atoms with Crippen LogP contribution in [0.15, 0.2) is 18.2 Å². The number of likely N-dealkylation sites (N-methyl/N-ethyl adjacent to an activating group) is 1. The average Bonchev–Trinajstić information content (AvgIpc) is 2.86. The molecular weight excluding hydrogens is 252 g/mol. The number of halogens is 1. The normalized spacial score (nSPS) is 18.7. The Morgan fingerprint density at radius 2 is 2.33 bits per heavy atom. The van der Waals surface area contributed by atoms with E-state index < -0.39 is 0 Å². The number of anilines is 1. The Morgan fingerprint density at radius 3 is 2.94 bits per heavy atom. The van der Waals surface area contributed by atoms with E-state index >= 15 is 0 Å². The topological polar surface area (TPSA) is 41.6 Å². The SMILES string of the molecule is Cc1cccc(Cl)c1NC(=O)N(C)[C@@H]1CCOC1. The minimum Gasteiger partial charge on any atom is -0.379 e. The molecule has 0 unspecified atom stereocenters. The summed E-state index contributed by atoms with van der Waals surface area (Å²) in [5.41, 5.74) is 1.63. The lowest BCUT2D eigenvalue weighted by molar-refractivity contribution is 0.164. The molecule has 1 aromatic rings. The monoisotopic (exact) mass is 268 g/mol. The zero-order valence-electron chi connectivity index (χ0n) is 10.6. The van der Waals surface area contributed by atoms with Gasteiger partial charge in [-0.05, 0) is 25.0 Å². The van der Waals surface area contributed by atoms with Crippen molar-refractivity contribution in [3.63, 3.8) is 0 Å². The molecule has 4 nitrogen and oxygen atoms in total. The fourth-order valence-corrected chi connectivity index (χ4v) is 2.25. The quantitative estimate of drug-likeness (QED) is 0.896. The van der Waals surface area contributed by atoms with Crippen LogP contribution < -0.4 is 5.32 Å². The molecule has 0 spiro atoms. The highest BCUT2D eigenvalue weighted by molar-refractivity contribution is 6.33. The number of amides is 2. The molecule has 1 aliphatic heterocycles. The smallest absolute Gasteiger partial charge is 0.321 e. The fourth-order valence-electron chi connectivity index (χ4n) is 1.98. The third kappa shape index (κ3) is 2.76. The van der Waals surface area contributed by atoms with Gasteiger partial charge in [-0.1, -0.05) is 23.7 Å². The average molecular weight is 269 g/mol. The van der Waals surface area contributed by atoms with E-state index in [9.17, 15) is 4.79 Å². The number of ether oxygens (including phenoxy) is 1. The van der Waals surface area contributed by atoms with E-state index in [0.29, 0.717) is 23.9 Å². The Labute approximate surface area is 112 Å². The number of carbonyl (C=O) groups is 1. The molecule has 2 amide bonds. The predicted octanol–water partition coefficient (Wildman–Crippen LogP) is 2.90. The van der Waals surface area contributed by atoms with Crippen molar-refractivity contribution < 1.29 is 9.53 Å². The highest BCUT2D eigenvalue weighted by Crippen LogP contribution is 2.25. The van der Waals surface area contributed by atoms with Crippen molar-refractivity contribution in [1.29, 1.82) is 0 Å². The predicted molar refractivity (Wildman–Crippen MR) is 72.2 cm³/mol. The lowest BCUT2D eigenvalue weighted by atomic mass is 10.2. The molecule has 18 heavy (non-hydrogen) atoms. The van der Waals surface area contributed by atoms with E-state index in [1.807, 2.05) is 19.1 Å². The van der Waals surface area contributed by atoms with Gasteiger partial charge in [0.15, 0.2) is 0 Å². The second-order valence-corrected chi connectivity index (χ2v) is 4.90. The first-order chi connectivity index (χ1) is 8.59. The maximum absolute atomic E-state index is 12.1. The Balaban J connectivity index is 2.06. The Kier molecular flexibility index (Phi) is 4.09. The summed E-state index contributed by atoms with van der Waals surface area (Å²) in [6, 6.07) is 5.54. The summed E-state index contributed by atoms with van der Waals surface area (Å²) in [5, 5.41) is 3.41. The molecule has 0 aliphatic carbocycles. The number of rotatable bonds is 2. The third-order valence-corrected chi connectivity index (χ3v) is 3.54. The van der Waals surface area contributed by atoms with Gasteiger partial charge in [0.2, 0.25) is 0 Å². The maximum Gasteiger partial charge on any atom is 0.321 e. The minimum absolute atomic E-state index is 0.146. The van der Waals surface area contributed by atoms with Crippen LogP contribution in [0.25, 0.3) is 0 Å². The summed E-state index contributed by atoms with van der Waals surface area (Å²) in [7, 11) is 1.78. The second-order valence-electron chi connectivity index (χ2n) is 4.49. The van der Waals surface area contributed by atoms with Gasteiger partial charge in [-0.2, -0.15) is 0 Å². The largest absolute Gasteiger partial charge is 0.379 e. The molecule has 1 aromatic carbocycles. The van der Waals surface area contributed by atoms with Crippen LogP contribution in [0.5, 0.6) is 0 Å². The molecule has 1 heterocycles. The first-order valence-electron chi connectivity index (χ1n) is 5.96. The van der Waals surface area contributed by atoms with Crippen molar-refractivity contribution in [2.24, 2.45) is 0 Å². The molecule has 2 rings (SSSR count). The van der Waals surface area contributed by atoms with E-state index in [4.69, 9.17) is 16.3 Å². The van der Waals surface area contributed by atoms with Crippen LogP contribution in [-0.2, 0) is 4.74 Å². The first kappa shape index (κ1) is 13.2. The minimum atomic E-state index is -0.151. The summed E-state index contributed by atoms with van der Waals surface area (Å²) in [6.45, 7) is 3.24. The lowest BCUT2D eigenvalue weighted by Crippen LogP contribution is -2.40. The van der Waals surface area contributed by atoms with Gasteiger partial charge in [-0.3, -0.25) is 0 Å². The summed E-state index contributed by atoms with van der Waals surface area (Å²) in [5.74, 6) is 0. The summed E-state index contributed by atoms with van der Waals surface area (Å²) in [4.78, 5) is 13.8. The molecule has 1 atom stereocenters. The van der Waals surface area contributed by atoms with Crippen LogP contribution in [0, 0.1) is 6.92 Å². The summed E-state index contributed by atoms with van der Waals surface area (Å²) < 4.78 is 5.28. The number of nitrogens with zero attached hydrogens (tertiary/aromatic N) is 1. The van der Waals surface area contributed by atoms with Gasteiger partial charge in [0.1, 0.15) is 0 Å². The molecule has 0 bridgehead atoms. The Hall–Kier alpha value is -1.26. The van der Waals surface area contributed by atoms with Crippen molar-refractivity contribution in [3.05, 3.63) is 28.8 Å². The van der Waals surface area contributed by atoms with E-state index in [-0.39, 0.29) is 12.1 Å². The Morgan fingerprint density at radius 1 is 1.56 bits per heavy atom. The number of aryl methyl sites for hydroxylation is 1. The van der Waals surface area contributed by atoms with Crippen molar-refractivity contribution in [1.82, 2.24) is 4.90 Å². The van der Waals surface area contributed by atoms with Crippen LogP contribution in [0.2, 0.25) is 5.02 Å². The second kappa shape index (κ2) is 5.59. The lowest BCUT2D eigenvalue weighted by Gasteiger charge is -2.24. The molecule has 5 heteroatoms. The molecule has 1 N–H and O–H groups in total. The molecule has 1 fully saturated rings. The van der Waals surface area contributed by atoms with E-state index in [1.165, 1.54) is 0 Å². The molecule has 1 saturated heterocycles. The fraction of sp³-hybridized carbons (Fsp3) is 0.462. The van der Waals surface area contributed by atoms with E-state index in [1.54, 1.807) is 18.0 Å². The van der Waals surface area contributed by atoms with Crippen LogP contribution in [0.4, 0.5) is 10.5 Å². The van der Waals surface area contributed by atoms with Crippen molar-refractivity contribution >= 4 is 23.3 Å². The van der Waals surface area contributed by atoms with E-state index in [0.717, 1.165) is 12.0 Å². The zero-order chi connectivity index (χ0) is 13.1. The van der Waals surface area contributed by atoms with Gasteiger partial charge < -0.3 is 15.0 Å². The Bertz CT molecular complexity index is 424.